The number of hydrogen-bond acceptors (Lipinski definition) is 6. The maximum absolute atomic E-state index is 14.1. The van der Waals surface area contributed by atoms with Gasteiger partial charge in [-0.2, -0.15) is 0 Å². The quantitative estimate of drug-likeness (QED) is 0.344. The summed E-state index contributed by atoms with van der Waals surface area (Å²) in [6.45, 7) is 3.25. The van der Waals surface area contributed by atoms with Gasteiger partial charge < -0.3 is 19.7 Å². The van der Waals surface area contributed by atoms with E-state index in [0.29, 0.717) is 28.6 Å². The normalized spacial score (nSPS) is 13.0. The van der Waals surface area contributed by atoms with Crippen LogP contribution in [0.4, 0.5) is 5.69 Å². The number of hydrogen-bond donors (Lipinski definition) is 1. The molecule has 1 aliphatic rings. The molecule has 0 radical (unpaired) electrons. The summed E-state index contributed by atoms with van der Waals surface area (Å²) in [5.41, 5.74) is 1.83. The summed E-state index contributed by atoms with van der Waals surface area (Å²) in [7, 11) is -3.89. The minimum absolute atomic E-state index is 0.0271. The van der Waals surface area contributed by atoms with Crippen molar-refractivity contribution in [2.75, 3.05) is 29.9 Å². The van der Waals surface area contributed by atoms with Crippen LogP contribution in [0.5, 0.6) is 11.5 Å². The van der Waals surface area contributed by atoms with Gasteiger partial charge in [-0.05, 0) is 49.2 Å². The zero-order chi connectivity index (χ0) is 28.7. The first-order valence-electron chi connectivity index (χ1n) is 13.0. The highest BCUT2D eigenvalue weighted by molar-refractivity contribution is 7.92. The van der Waals surface area contributed by atoms with Crippen LogP contribution in [0.3, 0.4) is 0 Å². The fourth-order valence-corrected chi connectivity index (χ4v) is 5.70. The van der Waals surface area contributed by atoms with Crippen molar-refractivity contribution in [3.05, 3.63) is 88.9 Å². The van der Waals surface area contributed by atoms with Crippen molar-refractivity contribution in [1.29, 1.82) is 0 Å². The third kappa shape index (κ3) is 7.05. The Morgan fingerprint density at radius 3 is 2.38 bits per heavy atom. The number of benzene rings is 3. The van der Waals surface area contributed by atoms with Crippen LogP contribution in [-0.2, 0) is 32.6 Å². The van der Waals surface area contributed by atoms with Gasteiger partial charge in [0.2, 0.25) is 28.6 Å². The largest absolute Gasteiger partial charge is 0.454 e. The Bertz CT molecular complexity index is 1450. The summed E-state index contributed by atoms with van der Waals surface area (Å²) in [4.78, 5) is 28.9. The van der Waals surface area contributed by atoms with Crippen molar-refractivity contribution in [3.63, 3.8) is 0 Å². The molecule has 0 bridgehead atoms. The number of amides is 2. The van der Waals surface area contributed by atoms with Crippen molar-refractivity contribution < 1.29 is 27.5 Å². The van der Waals surface area contributed by atoms with Crippen LogP contribution in [0.2, 0.25) is 5.02 Å². The number of anilines is 1. The standard InChI is InChI=1S/C29H32ClN3O6S/c1-3-31-29(35)25(16-21-9-6-5-7-10-21)32(18-22-11-8-12-23(30)15-22)28(34)19-33(40(36,37)4-2)24-13-14-26-27(17-24)39-20-38-26/h5-15,17,25H,3-4,16,18-20H2,1-2H3,(H,31,35)/t25-/m0/s1. The Balaban J connectivity index is 1.73. The SMILES string of the molecule is CCNC(=O)[C@H](Cc1ccccc1)N(Cc1cccc(Cl)c1)C(=O)CN(c1ccc2c(c1)OCO2)S(=O)(=O)CC. The summed E-state index contributed by atoms with van der Waals surface area (Å²) in [5.74, 6) is -0.226. The van der Waals surface area contributed by atoms with Gasteiger partial charge in [0.15, 0.2) is 11.5 Å². The third-order valence-electron chi connectivity index (χ3n) is 6.49. The van der Waals surface area contributed by atoms with Gasteiger partial charge in [-0.1, -0.05) is 54.1 Å². The minimum Gasteiger partial charge on any atom is -0.454 e. The molecule has 1 N–H and O–H groups in total. The summed E-state index contributed by atoms with van der Waals surface area (Å²) >= 11 is 6.23. The van der Waals surface area contributed by atoms with Crippen LogP contribution in [0.15, 0.2) is 72.8 Å². The van der Waals surface area contributed by atoms with Crippen LogP contribution in [-0.4, -0.2) is 56.8 Å². The first-order chi connectivity index (χ1) is 19.2. The van der Waals surface area contributed by atoms with Crippen molar-refractivity contribution in [3.8, 4) is 11.5 Å². The van der Waals surface area contributed by atoms with Gasteiger partial charge in [-0.25, -0.2) is 8.42 Å². The molecule has 3 aromatic carbocycles. The monoisotopic (exact) mass is 585 g/mol. The second-order valence-electron chi connectivity index (χ2n) is 9.20. The van der Waals surface area contributed by atoms with E-state index in [9.17, 15) is 18.0 Å². The Kier molecular flexibility index (Phi) is 9.54. The Morgan fingerprint density at radius 1 is 0.950 bits per heavy atom. The van der Waals surface area contributed by atoms with E-state index in [1.54, 1.807) is 37.3 Å². The Morgan fingerprint density at radius 2 is 1.68 bits per heavy atom. The van der Waals surface area contributed by atoms with Crippen molar-refractivity contribution in [2.45, 2.75) is 32.9 Å². The van der Waals surface area contributed by atoms with Gasteiger partial charge in [0.25, 0.3) is 0 Å². The molecular weight excluding hydrogens is 554 g/mol. The van der Waals surface area contributed by atoms with Gasteiger partial charge >= 0.3 is 0 Å². The zero-order valence-corrected chi connectivity index (χ0v) is 24.0. The lowest BCUT2D eigenvalue weighted by molar-refractivity contribution is -0.140. The fourth-order valence-electron chi connectivity index (χ4n) is 4.44. The van der Waals surface area contributed by atoms with Gasteiger partial charge in [-0.3, -0.25) is 13.9 Å². The molecule has 1 atom stereocenters. The summed E-state index contributed by atoms with van der Waals surface area (Å²) < 4.78 is 38.3. The molecule has 0 saturated heterocycles. The van der Waals surface area contributed by atoms with Gasteiger partial charge in [0.1, 0.15) is 12.6 Å². The molecule has 0 saturated carbocycles. The smallest absolute Gasteiger partial charge is 0.244 e. The summed E-state index contributed by atoms with van der Waals surface area (Å²) in [6, 6.07) is 20.2. The number of ether oxygens (including phenoxy) is 2. The molecule has 4 rings (SSSR count). The molecule has 3 aromatic rings. The number of likely N-dealkylation sites (N-methyl/N-ethyl adjacent to an activating group) is 1. The minimum atomic E-state index is -3.89. The second kappa shape index (κ2) is 13.1. The lowest BCUT2D eigenvalue weighted by Crippen LogP contribution is -2.53. The molecule has 1 heterocycles. The van der Waals surface area contributed by atoms with Crippen molar-refractivity contribution >= 4 is 39.1 Å². The van der Waals surface area contributed by atoms with Crippen LogP contribution >= 0.6 is 11.6 Å². The van der Waals surface area contributed by atoms with E-state index in [2.05, 4.69) is 5.32 Å². The summed E-state index contributed by atoms with van der Waals surface area (Å²) in [6.07, 6.45) is 0.240. The number of carbonyl (C=O) groups excluding carboxylic acids is 2. The maximum Gasteiger partial charge on any atom is 0.244 e. The molecule has 0 aliphatic carbocycles. The first kappa shape index (κ1) is 29.2. The number of carbonyl (C=O) groups is 2. The van der Waals surface area contributed by atoms with Gasteiger partial charge in [-0.15, -0.1) is 0 Å². The van der Waals surface area contributed by atoms with E-state index in [0.717, 1.165) is 9.87 Å². The van der Waals surface area contributed by atoms with Crippen LogP contribution in [0.1, 0.15) is 25.0 Å². The number of sulfonamides is 1. The molecule has 0 aromatic heterocycles. The first-order valence-corrected chi connectivity index (χ1v) is 15.0. The fraction of sp³-hybridized carbons (Fsp3) is 0.310. The second-order valence-corrected chi connectivity index (χ2v) is 11.8. The van der Waals surface area contributed by atoms with E-state index >= 15 is 0 Å². The third-order valence-corrected chi connectivity index (χ3v) is 8.46. The Labute approximate surface area is 239 Å². The van der Waals surface area contributed by atoms with E-state index in [1.165, 1.54) is 17.9 Å². The molecule has 1 aliphatic heterocycles. The lowest BCUT2D eigenvalue weighted by Gasteiger charge is -2.33. The molecule has 0 unspecified atom stereocenters. The highest BCUT2D eigenvalue weighted by Crippen LogP contribution is 2.36. The van der Waals surface area contributed by atoms with E-state index in [4.69, 9.17) is 21.1 Å². The highest BCUT2D eigenvalue weighted by Gasteiger charge is 2.34. The van der Waals surface area contributed by atoms with Crippen molar-refractivity contribution in [2.24, 2.45) is 0 Å². The number of rotatable bonds is 12. The molecule has 9 nitrogen and oxygen atoms in total. The van der Waals surface area contributed by atoms with Crippen LogP contribution in [0, 0.1) is 0 Å². The van der Waals surface area contributed by atoms with Gasteiger partial charge in [0.05, 0.1) is 11.4 Å². The highest BCUT2D eigenvalue weighted by atomic mass is 35.5. The Hall–Kier alpha value is -3.76. The average Bonchev–Trinajstić information content (AvgIpc) is 3.42. The van der Waals surface area contributed by atoms with Crippen molar-refractivity contribution in [1.82, 2.24) is 10.2 Å². The molecule has 11 heteroatoms. The van der Waals surface area contributed by atoms with E-state index in [-0.39, 0.29) is 37.1 Å². The summed E-state index contributed by atoms with van der Waals surface area (Å²) in [5, 5.41) is 3.32. The molecule has 212 valence electrons. The van der Waals surface area contributed by atoms with E-state index < -0.39 is 28.5 Å². The molecule has 0 fully saturated rings. The topological polar surface area (TPSA) is 105 Å². The number of nitrogens with one attached hydrogen (secondary N) is 1. The zero-order valence-electron chi connectivity index (χ0n) is 22.4. The van der Waals surface area contributed by atoms with Crippen LogP contribution < -0.4 is 19.1 Å². The van der Waals surface area contributed by atoms with Gasteiger partial charge in [0, 0.05) is 30.6 Å². The molecular formula is C29H32ClN3O6S. The van der Waals surface area contributed by atoms with E-state index in [1.807, 2.05) is 36.4 Å². The number of nitrogens with zero attached hydrogens (tertiary/aromatic N) is 2. The maximum atomic E-state index is 14.1. The molecule has 0 spiro atoms. The predicted molar refractivity (Wildman–Crippen MR) is 154 cm³/mol. The van der Waals surface area contributed by atoms with Crippen LogP contribution in [0.25, 0.3) is 0 Å². The lowest BCUT2D eigenvalue weighted by atomic mass is 10.0. The predicted octanol–water partition coefficient (Wildman–Crippen LogP) is 4.00. The number of halogens is 1. The number of fused-ring (bicyclic) bond motifs is 1. The molecule has 2 amide bonds. The average molecular weight is 586 g/mol. The molecule has 40 heavy (non-hydrogen) atoms.